The maximum absolute atomic E-state index is 11.4. The zero-order chi connectivity index (χ0) is 13.0. The van der Waals surface area contributed by atoms with Crippen molar-refractivity contribution in [2.75, 3.05) is 13.2 Å². The number of hydrogen-bond donors (Lipinski definition) is 3. The Morgan fingerprint density at radius 2 is 2.39 bits per heavy atom. The summed E-state index contributed by atoms with van der Waals surface area (Å²) in [6.07, 6.45) is 2.16. The number of likely N-dealkylation sites (tertiary alicyclic amines) is 1. The zero-order valence-corrected chi connectivity index (χ0v) is 10.3. The number of amides is 1. The molecule has 1 fully saturated rings. The minimum absolute atomic E-state index is 0.197. The summed E-state index contributed by atoms with van der Waals surface area (Å²) in [5.74, 6) is 4.84. The van der Waals surface area contributed by atoms with E-state index in [-0.39, 0.29) is 18.6 Å². The Morgan fingerprint density at radius 1 is 1.56 bits per heavy atom. The van der Waals surface area contributed by atoms with Gasteiger partial charge in [0.25, 0.3) is 5.91 Å². The Kier molecular flexibility index (Phi) is 4.30. The van der Waals surface area contributed by atoms with Gasteiger partial charge in [0, 0.05) is 18.2 Å². The number of rotatable bonds is 4. The molecule has 18 heavy (non-hydrogen) atoms. The van der Waals surface area contributed by atoms with E-state index in [0.29, 0.717) is 5.56 Å². The molecule has 0 spiro atoms. The summed E-state index contributed by atoms with van der Waals surface area (Å²) in [4.78, 5) is 13.7. The Labute approximate surface area is 107 Å². The summed E-state index contributed by atoms with van der Waals surface area (Å²) < 4.78 is 0. The Bertz CT molecular complexity index is 422. The molecule has 4 N–H and O–H groups in total. The summed E-state index contributed by atoms with van der Waals surface area (Å²) >= 11 is 0. The van der Waals surface area contributed by atoms with Crippen LogP contribution in [-0.4, -0.2) is 35.1 Å². The Morgan fingerprint density at radius 3 is 3.11 bits per heavy atom. The van der Waals surface area contributed by atoms with E-state index in [1.165, 1.54) is 0 Å². The fraction of sp³-hybridized carbons (Fsp3) is 0.462. The normalized spacial score (nSPS) is 20.0. The molecule has 1 amide bonds. The number of hydrazine groups is 1. The monoisotopic (exact) mass is 249 g/mol. The average Bonchev–Trinajstić information content (AvgIpc) is 2.85. The van der Waals surface area contributed by atoms with Gasteiger partial charge in [-0.05, 0) is 37.1 Å². The van der Waals surface area contributed by atoms with Crippen molar-refractivity contribution in [2.24, 2.45) is 5.84 Å². The molecule has 2 rings (SSSR count). The number of nitrogen functional groups attached to an aromatic ring is 1. The third-order valence-electron chi connectivity index (χ3n) is 3.42. The molecule has 0 radical (unpaired) electrons. The molecule has 1 heterocycles. The van der Waals surface area contributed by atoms with Crippen LogP contribution in [0.15, 0.2) is 24.3 Å². The van der Waals surface area contributed by atoms with Crippen molar-refractivity contribution in [3.05, 3.63) is 35.4 Å². The van der Waals surface area contributed by atoms with Crippen LogP contribution in [0.25, 0.3) is 0 Å². The number of benzene rings is 1. The van der Waals surface area contributed by atoms with Crippen LogP contribution in [0.1, 0.15) is 28.8 Å². The highest BCUT2D eigenvalue weighted by Gasteiger charge is 2.23. The van der Waals surface area contributed by atoms with Gasteiger partial charge in [0.15, 0.2) is 0 Å². The van der Waals surface area contributed by atoms with Gasteiger partial charge in [0.1, 0.15) is 0 Å². The second kappa shape index (κ2) is 5.95. The summed E-state index contributed by atoms with van der Waals surface area (Å²) in [5, 5.41) is 9.27. The minimum atomic E-state index is -0.281. The molecule has 1 saturated heterocycles. The molecule has 1 aromatic rings. The number of carbonyl (C=O) groups excluding carboxylic acids is 1. The van der Waals surface area contributed by atoms with E-state index in [2.05, 4.69) is 10.3 Å². The number of hydrogen-bond acceptors (Lipinski definition) is 4. The molecule has 5 nitrogen and oxygen atoms in total. The Balaban J connectivity index is 2.07. The summed E-state index contributed by atoms with van der Waals surface area (Å²) in [7, 11) is 0. The second-order valence-electron chi connectivity index (χ2n) is 4.62. The van der Waals surface area contributed by atoms with Gasteiger partial charge in [-0.25, -0.2) is 5.84 Å². The van der Waals surface area contributed by atoms with Crippen LogP contribution < -0.4 is 11.3 Å². The molecule has 5 heteroatoms. The number of nitrogens with zero attached hydrogens (tertiary/aromatic N) is 1. The van der Waals surface area contributed by atoms with E-state index in [1.807, 2.05) is 18.2 Å². The third kappa shape index (κ3) is 2.87. The lowest BCUT2D eigenvalue weighted by Crippen LogP contribution is -2.32. The molecule has 1 aliphatic heterocycles. The van der Waals surface area contributed by atoms with Crippen LogP contribution in [0, 0.1) is 0 Å². The van der Waals surface area contributed by atoms with E-state index in [9.17, 15) is 9.90 Å². The topological polar surface area (TPSA) is 78.6 Å². The fourth-order valence-corrected chi connectivity index (χ4v) is 2.44. The quantitative estimate of drug-likeness (QED) is 0.406. The van der Waals surface area contributed by atoms with Gasteiger partial charge in [-0.15, -0.1) is 0 Å². The van der Waals surface area contributed by atoms with Gasteiger partial charge in [0.05, 0.1) is 6.61 Å². The van der Waals surface area contributed by atoms with Crippen LogP contribution in [-0.2, 0) is 6.54 Å². The molecule has 1 unspecified atom stereocenters. The molecule has 0 aliphatic carbocycles. The number of nitrogens with two attached hydrogens (primary N) is 1. The standard InChI is InChI=1S/C13H19N3O2/c14-15-13(18)11-4-1-3-10(7-11)8-16-6-2-5-12(16)9-17/h1,3-4,7,12,17H,2,5-6,8-9,14H2,(H,15,18). The SMILES string of the molecule is NNC(=O)c1cccc(CN2CCCC2CO)c1. The predicted octanol–water partition coefficient (Wildman–Crippen LogP) is 0.247. The smallest absolute Gasteiger partial charge is 0.265 e. The van der Waals surface area contributed by atoms with Crippen molar-refractivity contribution in [1.29, 1.82) is 0 Å². The van der Waals surface area contributed by atoms with E-state index in [1.54, 1.807) is 6.07 Å². The van der Waals surface area contributed by atoms with Crippen LogP contribution in [0.4, 0.5) is 0 Å². The molecular weight excluding hydrogens is 230 g/mol. The van der Waals surface area contributed by atoms with Crippen LogP contribution >= 0.6 is 0 Å². The highest BCUT2D eigenvalue weighted by Crippen LogP contribution is 2.19. The van der Waals surface area contributed by atoms with Gasteiger partial charge >= 0.3 is 0 Å². The largest absolute Gasteiger partial charge is 0.395 e. The number of nitrogens with one attached hydrogen (secondary N) is 1. The minimum Gasteiger partial charge on any atom is -0.395 e. The molecular formula is C13H19N3O2. The molecule has 0 aromatic heterocycles. The van der Waals surface area contributed by atoms with Crippen LogP contribution in [0.2, 0.25) is 0 Å². The third-order valence-corrected chi connectivity index (χ3v) is 3.42. The second-order valence-corrected chi connectivity index (χ2v) is 4.62. The molecule has 1 aliphatic rings. The van der Waals surface area contributed by atoms with Gasteiger partial charge in [-0.2, -0.15) is 0 Å². The maximum Gasteiger partial charge on any atom is 0.265 e. The van der Waals surface area contributed by atoms with Crippen molar-refractivity contribution in [3.63, 3.8) is 0 Å². The zero-order valence-electron chi connectivity index (χ0n) is 10.3. The lowest BCUT2D eigenvalue weighted by Gasteiger charge is -2.22. The number of aliphatic hydroxyl groups excluding tert-OH is 1. The van der Waals surface area contributed by atoms with Gasteiger partial charge in [0.2, 0.25) is 0 Å². The van der Waals surface area contributed by atoms with Crippen molar-refractivity contribution in [1.82, 2.24) is 10.3 Å². The predicted molar refractivity (Wildman–Crippen MR) is 68.6 cm³/mol. The fourth-order valence-electron chi connectivity index (χ4n) is 2.44. The molecule has 0 saturated carbocycles. The summed E-state index contributed by atoms with van der Waals surface area (Å²) in [6, 6.07) is 7.66. The average molecular weight is 249 g/mol. The number of aliphatic hydroxyl groups is 1. The summed E-state index contributed by atoms with van der Waals surface area (Å²) in [5.41, 5.74) is 3.76. The van der Waals surface area contributed by atoms with Crippen molar-refractivity contribution < 1.29 is 9.90 Å². The van der Waals surface area contributed by atoms with E-state index in [0.717, 1.165) is 31.5 Å². The molecule has 0 bridgehead atoms. The van der Waals surface area contributed by atoms with E-state index < -0.39 is 0 Å². The van der Waals surface area contributed by atoms with Crippen LogP contribution in [0.5, 0.6) is 0 Å². The van der Waals surface area contributed by atoms with Crippen molar-refractivity contribution in [3.8, 4) is 0 Å². The highest BCUT2D eigenvalue weighted by molar-refractivity contribution is 5.93. The Hall–Kier alpha value is -1.43. The van der Waals surface area contributed by atoms with E-state index >= 15 is 0 Å². The van der Waals surface area contributed by atoms with E-state index in [4.69, 9.17) is 5.84 Å². The number of carbonyl (C=O) groups is 1. The highest BCUT2D eigenvalue weighted by atomic mass is 16.3. The van der Waals surface area contributed by atoms with Gasteiger partial charge in [-0.3, -0.25) is 15.1 Å². The maximum atomic E-state index is 11.4. The lowest BCUT2D eigenvalue weighted by atomic mass is 10.1. The van der Waals surface area contributed by atoms with Gasteiger partial charge in [-0.1, -0.05) is 12.1 Å². The molecule has 98 valence electrons. The first-order chi connectivity index (χ1) is 8.74. The summed E-state index contributed by atoms with van der Waals surface area (Å²) in [6.45, 7) is 1.96. The van der Waals surface area contributed by atoms with Gasteiger partial charge < -0.3 is 5.11 Å². The van der Waals surface area contributed by atoms with Crippen molar-refractivity contribution >= 4 is 5.91 Å². The first-order valence-corrected chi connectivity index (χ1v) is 6.19. The first-order valence-electron chi connectivity index (χ1n) is 6.19. The van der Waals surface area contributed by atoms with Crippen molar-refractivity contribution in [2.45, 2.75) is 25.4 Å². The van der Waals surface area contributed by atoms with Crippen LogP contribution in [0.3, 0.4) is 0 Å². The lowest BCUT2D eigenvalue weighted by molar-refractivity contribution is 0.0953. The molecule has 1 atom stereocenters. The first kappa shape index (κ1) is 13.0. The molecule has 1 aromatic carbocycles.